The third-order valence-corrected chi connectivity index (χ3v) is 7.10. The Kier molecular flexibility index (Phi) is 5.94. The Morgan fingerprint density at radius 3 is 1.86 bits per heavy atom. The summed E-state index contributed by atoms with van der Waals surface area (Å²) in [5.41, 5.74) is 6.77. The Bertz CT molecular complexity index is 444. The summed E-state index contributed by atoms with van der Waals surface area (Å²) in [6.07, 6.45) is 10.3. The zero-order valence-electron chi connectivity index (χ0n) is 14.3. The molecule has 0 aromatic heterocycles. The van der Waals surface area contributed by atoms with Crippen LogP contribution in [0.1, 0.15) is 86.9 Å². The van der Waals surface area contributed by atoms with Gasteiger partial charge < -0.3 is 0 Å². The second-order valence-corrected chi connectivity index (χ2v) is 7.59. The van der Waals surface area contributed by atoms with Crippen molar-refractivity contribution in [3.05, 3.63) is 34.4 Å². The van der Waals surface area contributed by atoms with Crippen molar-refractivity contribution in [2.45, 2.75) is 83.9 Å². The molecule has 0 nitrogen and oxygen atoms in total. The van der Waals surface area contributed by atoms with Crippen molar-refractivity contribution >= 4 is 15.9 Å². The van der Waals surface area contributed by atoms with E-state index in [1.165, 1.54) is 37.7 Å². The van der Waals surface area contributed by atoms with Gasteiger partial charge in [-0.3, -0.25) is 0 Å². The molecule has 0 heterocycles. The maximum Gasteiger partial charge on any atom is 0.0456 e. The monoisotopic (exact) mass is 350 g/mol. The summed E-state index contributed by atoms with van der Waals surface area (Å²) in [5, 5.41) is 0. The van der Waals surface area contributed by atoms with E-state index in [9.17, 15) is 0 Å². The highest BCUT2D eigenvalue weighted by Gasteiger charge is 2.40. The van der Waals surface area contributed by atoms with Gasteiger partial charge in [0.15, 0.2) is 0 Å². The second-order valence-electron chi connectivity index (χ2n) is 6.67. The predicted molar refractivity (Wildman–Crippen MR) is 97.4 cm³/mol. The van der Waals surface area contributed by atoms with Crippen LogP contribution in [0.5, 0.6) is 0 Å². The van der Waals surface area contributed by atoms with Gasteiger partial charge >= 0.3 is 0 Å². The Labute approximate surface area is 139 Å². The van der Waals surface area contributed by atoms with Gasteiger partial charge in [-0.2, -0.15) is 0 Å². The fourth-order valence-electron chi connectivity index (χ4n) is 4.14. The van der Waals surface area contributed by atoms with Gasteiger partial charge in [0.05, 0.1) is 0 Å². The fraction of sp³-hybridized carbons (Fsp3) is 0.700. The molecule has 0 saturated heterocycles. The molecule has 1 aromatic carbocycles. The van der Waals surface area contributed by atoms with Crippen LogP contribution in [0.2, 0.25) is 0 Å². The summed E-state index contributed by atoms with van der Waals surface area (Å²) in [5.74, 6) is 0. The molecule has 1 unspecified atom stereocenters. The number of benzene rings is 1. The molecule has 0 amide bonds. The number of rotatable bonds is 6. The zero-order valence-corrected chi connectivity index (χ0v) is 15.9. The van der Waals surface area contributed by atoms with Crippen molar-refractivity contribution < 1.29 is 0 Å². The lowest BCUT2D eigenvalue weighted by Gasteiger charge is -2.36. The van der Waals surface area contributed by atoms with Gasteiger partial charge in [-0.05, 0) is 66.2 Å². The summed E-state index contributed by atoms with van der Waals surface area (Å²) >= 11 is 4.16. The van der Waals surface area contributed by atoms with Crippen molar-refractivity contribution in [1.82, 2.24) is 0 Å². The lowest BCUT2D eigenvalue weighted by molar-refractivity contribution is 0.278. The van der Waals surface area contributed by atoms with E-state index in [1.54, 1.807) is 16.7 Å². The van der Waals surface area contributed by atoms with Crippen LogP contribution in [0, 0.1) is 5.41 Å². The summed E-state index contributed by atoms with van der Waals surface area (Å²) in [6, 6.07) is 4.92. The molecule has 1 saturated carbocycles. The maximum absolute atomic E-state index is 4.16. The van der Waals surface area contributed by atoms with Crippen LogP contribution in [0.25, 0.3) is 0 Å². The first kappa shape index (κ1) is 17.1. The minimum atomic E-state index is 0.488. The third-order valence-electron chi connectivity index (χ3n) is 5.68. The zero-order chi connectivity index (χ0) is 15.5. The molecule has 0 aliphatic heterocycles. The predicted octanol–water partition coefficient (Wildman–Crippen LogP) is 6.78. The lowest BCUT2D eigenvalue weighted by Crippen LogP contribution is -2.23. The Morgan fingerprint density at radius 2 is 1.48 bits per heavy atom. The highest BCUT2D eigenvalue weighted by molar-refractivity contribution is 9.09. The minimum Gasteiger partial charge on any atom is -0.0832 e. The van der Waals surface area contributed by atoms with Crippen molar-refractivity contribution in [3.63, 3.8) is 0 Å². The average molecular weight is 351 g/mol. The van der Waals surface area contributed by atoms with Crippen LogP contribution in [0.3, 0.4) is 0 Å². The Balaban J connectivity index is 2.50. The van der Waals surface area contributed by atoms with Crippen molar-refractivity contribution in [2.24, 2.45) is 5.41 Å². The average Bonchev–Trinajstić information content (AvgIpc) is 3.02. The van der Waals surface area contributed by atoms with Crippen LogP contribution < -0.4 is 0 Å². The first-order chi connectivity index (χ1) is 10.1. The van der Waals surface area contributed by atoms with Crippen molar-refractivity contribution in [3.8, 4) is 0 Å². The molecule has 0 bridgehead atoms. The van der Waals surface area contributed by atoms with Crippen LogP contribution in [-0.4, -0.2) is 0 Å². The Morgan fingerprint density at radius 1 is 0.952 bits per heavy atom. The van der Waals surface area contributed by atoms with Crippen LogP contribution in [0.4, 0.5) is 0 Å². The van der Waals surface area contributed by atoms with E-state index < -0.39 is 0 Å². The molecule has 1 aliphatic carbocycles. The van der Waals surface area contributed by atoms with E-state index in [1.807, 2.05) is 0 Å². The van der Waals surface area contributed by atoms with Gasteiger partial charge in [-0.1, -0.05) is 68.6 Å². The largest absolute Gasteiger partial charge is 0.0832 e. The quantitative estimate of drug-likeness (QED) is 0.496. The van der Waals surface area contributed by atoms with Gasteiger partial charge in [0.25, 0.3) is 0 Å². The topological polar surface area (TPSA) is 0 Å². The van der Waals surface area contributed by atoms with E-state index in [0.717, 1.165) is 19.3 Å². The summed E-state index contributed by atoms with van der Waals surface area (Å²) in [6.45, 7) is 9.27. The highest BCUT2D eigenvalue weighted by Crippen LogP contribution is 2.55. The highest BCUT2D eigenvalue weighted by atomic mass is 79.9. The smallest absolute Gasteiger partial charge is 0.0456 e. The Hall–Kier alpha value is -0.300. The van der Waals surface area contributed by atoms with E-state index in [4.69, 9.17) is 0 Å². The molecule has 1 fully saturated rings. The van der Waals surface area contributed by atoms with E-state index in [0.29, 0.717) is 10.2 Å². The van der Waals surface area contributed by atoms with Crippen LogP contribution >= 0.6 is 15.9 Å². The number of halogens is 1. The first-order valence-corrected chi connectivity index (χ1v) is 9.82. The molecular weight excluding hydrogens is 320 g/mol. The minimum absolute atomic E-state index is 0.488. The van der Waals surface area contributed by atoms with Crippen LogP contribution in [-0.2, 0) is 19.3 Å². The molecular formula is C20H31Br. The summed E-state index contributed by atoms with van der Waals surface area (Å²) in [7, 11) is 0. The van der Waals surface area contributed by atoms with Gasteiger partial charge in [0.2, 0.25) is 0 Å². The maximum atomic E-state index is 4.16. The molecule has 1 aromatic rings. The van der Waals surface area contributed by atoms with E-state index >= 15 is 0 Å². The lowest BCUT2D eigenvalue weighted by atomic mass is 9.75. The number of alkyl halides is 1. The molecule has 21 heavy (non-hydrogen) atoms. The van der Waals surface area contributed by atoms with E-state index in [-0.39, 0.29) is 0 Å². The van der Waals surface area contributed by atoms with Gasteiger partial charge in [0.1, 0.15) is 0 Å². The number of hydrogen-bond acceptors (Lipinski definition) is 0. The number of hydrogen-bond donors (Lipinski definition) is 0. The van der Waals surface area contributed by atoms with Gasteiger partial charge in [-0.25, -0.2) is 0 Å². The molecule has 0 radical (unpaired) electrons. The van der Waals surface area contributed by atoms with Crippen LogP contribution in [0.15, 0.2) is 12.1 Å². The molecule has 1 heteroatoms. The number of aryl methyl sites for hydroxylation is 3. The molecule has 2 rings (SSSR count). The molecule has 0 N–H and O–H groups in total. The first-order valence-electron chi connectivity index (χ1n) is 8.90. The SMILES string of the molecule is CCc1cc(CC)c(C(Br)C2(CC)CCCC2)c(CC)c1. The molecule has 1 atom stereocenters. The summed E-state index contributed by atoms with van der Waals surface area (Å²) in [4.78, 5) is 0.535. The third kappa shape index (κ3) is 3.23. The molecule has 118 valence electrons. The van der Waals surface area contributed by atoms with E-state index in [2.05, 4.69) is 55.8 Å². The molecule has 1 aliphatic rings. The fourth-order valence-corrected chi connectivity index (χ4v) is 5.51. The van der Waals surface area contributed by atoms with Crippen molar-refractivity contribution in [2.75, 3.05) is 0 Å². The standard InChI is InChI=1S/C20H31Br/c1-5-15-13-16(6-2)18(17(7-3)14-15)19(21)20(8-4)11-9-10-12-20/h13-14,19H,5-12H2,1-4H3. The normalized spacial score (nSPS) is 18.9. The summed E-state index contributed by atoms with van der Waals surface area (Å²) < 4.78 is 0. The van der Waals surface area contributed by atoms with Gasteiger partial charge in [-0.15, -0.1) is 0 Å². The second kappa shape index (κ2) is 7.31. The molecule has 0 spiro atoms. The van der Waals surface area contributed by atoms with Crippen molar-refractivity contribution in [1.29, 1.82) is 0 Å². The van der Waals surface area contributed by atoms with Gasteiger partial charge in [0, 0.05) is 4.83 Å².